The van der Waals surface area contributed by atoms with Crippen molar-refractivity contribution in [2.75, 3.05) is 39.4 Å². The van der Waals surface area contributed by atoms with Gasteiger partial charge in [-0.2, -0.15) is 0 Å². The summed E-state index contributed by atoms with van der Waals surface area (Å²) < 4.78 is 8.59. The van der Waals surface area contributed by atoms with E-state index in [-0.39, 0.29) is 18.1 Å². The Kier molecular flexibility index (Phi) is 6.46. The molecule has 7 heteroatoms. The lowest BCUT2D eigenvalue weighted by atomic mass is 10.2. The average molecular weight is 360 g/mol. The van der Waals surface area contributed by atoms with Gasteiger partial charge in [0.25, 0.3) is 0 Å². The molecule has 1 aromatic carbocycles. The fourth-order valence-electron chi connectivity index (χ4n) is 3.44. The Morgan fingerprint density at radius 2 is 1.81 bits per heavy atom. The Morgan fingerprint density at radius 1 is 1.12 bits per heavy atom. The van der Waals surface area contributed by atoms with E-state index in [1.165, 1.54) is 0 Å². The van der Waals surface area contributed by atoms with Crippen molar-refractivity contribution in [2.24, 2.45) is 0 Å². The fraction of sp³-hybridized carbons (Fsp3) is 0.579. The molecule has 1 amide bonds. The molecule has 26 heavy (non-hydrogen) atoms. The van der Waals surface area contributed by atoms with Crippen molar-refractivity contribution in [3.63, 3.8) is 0 Å². The molecular weight excluding hydrogens is 332 g/mol. The van der Waals surface area contributed by atoms with Gasteiger partial charge in [-0.05, 0) is 38.4 Å². The number of amides is 1. The molecular formula is C19H28N4O3. The molecule has 2 aromatic rings. The molecule has 0 unspecified atom stereocenters. The number of nitrogens with zero attached hydrogens (tertiary/aromatic N) is 3. The zero-order valence-electron chi connectivity index (χ0n) is 15.4. The molecule has 142 valence electrons. The topological polar surface area (TPSA) is 68.5 Å². The summed E-state index contributed by atoms with van der Waals surface area (Å²) in [5.41, 5.74) is 1.55. The summed E-state index contributed by atoms with van der Waals surface area (Å²) in [6.45, 7) is 7.91. The molecule has 0 radical (unpaired) electrons. The van der Waals surface area contributed by atoms with Gasteiger partial charge in [-0.15, -0.1) is 0 Å². The van der Waals surface area contributed by atoms with Gasteiger partial charge >= 0.3 is 5.69 Å². The molecule has 7 nitrogen and oxygen atoms in total. The third-order valence-corrected chi connectivity index (χ3v) is 4.87. The van der Waals surface area contributed by atoms with Gasteiger partial charge in [0, 0.05) is 26.2 Å². The molecule has 1 aliphatic rings. The first kappa shape index (κ1) is 18.7. The predicted molar refractivity (Wildman–Crippen MR) is 101 cm³/mol. The summed E-state index contributed by atoms with van der Waals surface area (Å²) in [6.07, 6.45) is 1.99. The van der Waals surface area contributed by atoms with Gasteiger partial charge in [0.15, 0.2) is 0 Å². The number of aryl methyl sites for hydroxylation is 1. The molecule has 1 fully saturated rings. The van der Waals surface area contributed by atoms with Crippen LogP contribution in [0.3, 0.4) is 0 Å². The maximum atomic E-state index is 12.5. The van der Waals surface area contributed by atoms with E-state index in [4.69, 9.17) is 4.74 Å². The van der Waals surface area contributed by atoms with E-state index in [9.17, 15) is 9.59 Å². The van der Waals surface area contributed by atoms with Crippen molar-refractivity contribution >= 4 is 16.9 Å². The number of rotatable bonds is 8. The number of aromatic nitrogens is 2. The number of fused-ring (bicyclic) bond motifs is 1. The minimum atomic E-state index is -0.129. The van der Waals surface area contributed by atoms with Crippen LogP contribution in [0.15, 0.2) is 29.1 Å². The number of ether oxygens (including phenoxy) is 1. The van der Waals surface area contributed by atoms with Gasteiger partial charge in [-0.3, -0.25) is 18.8 Å². The monoisotopic (exact) mass is 360 g/mol. The summed E-state index contributed by atoms with van der Waals surface area (Å²) in [7, 11) is 0. The predicted octanol–water partition coefficient (Wildman–Crippen LogP) is 1.05. The molecule has 1 N–H and O–H groups in total. The summed E-state index contributed by atoms with van der Waals surface area (Å²) in [6, 6.07) is 7.60. The van der Waals surface area contributed by atoms with Gasteiger partial charge in [0.2, 0.25) is 5.91 Å². The van der Waals surface area contributed by atoms with Gasteiger partial charge in [-0.25, -0.2) is 4.79 Å². The minimum Gasteiger partial charge on any atom is -0.379 e. The van der Waals surface area contributed by atoms with Crippen molar-refractivity contribution in [3.8, 4) is 0 Å². The lowest BCUT2D eigenvalue weighted by Crippen LogP contribution is -2.37. The van der Waals surface area contributed by atoms with Crippen LogP contribution in [0.4, 0.5) is 0 Å². The van der Waals surface area contributed by atoms with Crippen LogP contribution in [0.1, 0.15) is 19.8 Å². The Hall–Kier alpha value is -2.12. The average Bonchev–Trinajstić information content (AvgIpc) is 2.93. The van der Waals surface area contributed by atoms with Crippen molar-refractivity contribution in [1.29, 1.82) is 0 Å². The minimum absolute atomic E-state index is 0.0653. The lowest BCUT2D eigenvalue weighted by Gasteiger charge is -2.26. The Labute approximate surface area is 153 Å². The first-order valence-corrected chi connectivity index (χ1v) is 9.45. The SMILES string of the molecule is CCn1c(=O)n(CC(=O)NCCCCN2CCOCC2)c2ccccc21. The second-order valence-corrected chi connectivity index (χ2v) is 6.61. The van der Waals surface area contributed by atoms with Gasteiger partial charge < -0.3 is 10.1 Å². The Morgan fingerprint density at radius 3 is 2.50 bits per heavy atom. The number of para-hydroxylation sites is 2. The Bertz CT molecular complexity index is 790. The van der Waals surface area contributed by atoms with Crippen LogP contribution in [0, 0.1) is 0 Å². The highest BCUT2D eigenvalue weighted by molar-refractivity contribution is 5.80. The Balaban J connectivity index is 1.48. The quantitative estimate of drug-likeness (QED) is 0.715. The van der Waals surface area contributed by atoms with E-state index in [2.05, 4.69) is 10.2 Å². The first-order valence-electron chi connectivity index (χ1n) is 9.45. The van der Waals surface area contributed by atoms with Crippen LogP contribution >= 0.6 is 0 Å². The molecule has 3 rings (SSSR count). The second kappa shape index (κ2) is 9.00. The second-order valence-electron chi connectivity index (χ2n) is 6.61. The van der Waals surface area contributed by atoms with E-state index < -0.39 is 0 Å². The third kappa shape index (κ3) is 4.34. The summed E-state index contributed by atoms with van der Waals surface area (Å²) >= 11 is 0. The summed E-state index contributed by atoms with van der Waals surface area (Å²) in [5, 5.41) is 2.94. The molecule has 0 atom stereocenters. The maximum Gasteiger partial charge on any atom is 0.329 e. The molecule has 0 spiro atoms. The van der Waals surface area contributed by atoms with Crippen molar-refractivity contribution in [2.45, 2.75) is 32.9 Å². The van der Waals surface area contributed by atoms with Gasteiger partial charge in [0.05, 0.1) is 24.2 Å². The number of carbonyl (C=O) groups excluding carboxylic acids is 1. The van der Waals surface area contributed by atoms with E-state index in [0.717, 1.165) is 56.7 Å². The van der Waals surface area contributed by atoms with Crippen LogP contribution in [0.25, 0.3) is 11.0 Å². The van der Waals surface area contributed by atoms with Gasteiger partial charge in [0.1, 0.15) is 6.54 Å². The van der Waals surface area contributed by atoms with E-state index in [1.54, 1.807) is 9.13 Å². The van der Waals surface area contributed by atoms with Crippen LogP contribution in [0.2, 0.25) is 0 Å². The molecule has 1 aromatic heterocycles. The molecule has 0 bridgehead atoms. The molecule has 1 aliphatic heterocycles. The smallest absolute Gasteiger partial charge is 0.329 e. The molecule has 2 heterocycles. The van der Waals surface area contributed by atoms with Crippen LogP contribution in [-0.4, -0.2) is 59.3 Å². The van der Waals surface area contributed by atoms with Gasteiger partial charge in [-0.1, -0.05) is 12.1 Å². The largest absolute Gasteiger partial charge is 0.379 e. The molecule has 0 saturated carbocycles. The van der Waals surface area contributed by atoms with E-state index >= 15 is 0 Å². The first-order chi connectivity index (χ1) is 12.7. The highest BCUT2D eigenvalue weighted by Crippen LogP contribution is 2.12. The zero-order chi connectivity index (χ0) is 18.4. The van der Waals surface area contributed by atoms with Crippen molar-refractivity contribution in [3.05, 3.63) is 34.7 Å². The number of imidazole rings is 1. The number of morpholine rings is 1. The maximum absolute atomic E-state index is 12.5. The number of unbranched alkanes of at least 4 members (excludes halogenated alkanes) is 1. The normalized spacial score (nSPS) is 15.4. The number of hydrogen-bond donors (Lipinski definition) is 1. The highest BCUT2D eigenvalue weighted by Gasteiger charge is 2.14. The summed E-state index contributed by atoms with van der Waals surface area (Å²) in [4.78, 5) is 27.2. The van der Waals surface area contributed by atoms with Crippen LogP contribution in [-0.2, 0) is 22.6 Å². The number of benzene rings is 1. The molecule has 1 saturated heterocycles. The third-order valence-electron chi connectivity index (χ3n) is 4.87. The van der Waals surface area contributed by atoms with Crippen molar-refractivity contribution in [1.82, 2.24) is 19.4 Å². The lowest BCUT2D eigenvalue weighted by molar-refractivity contribution is -0.121. The van der Waals surface area contributed by atoms with Crippen molar-refractivity contribution < 1.29 is 9.53 Å². The van der Waals surface area contributed by atoms with Crippen LogP contribution < -0.4 is 11.0 Å². The number of carbonyl (C=O) groups is 1. The number of nitrogens with one attached hydrogen (secondary N) is 1. The standard InChI is InChI=1S/C19H28N4O3/c1-2-22-16-7-3-4-8-17(16)23(19(22)25)15-18(24)20-9-5-6-10-21-11-13-26-14-12-21/h3-4,7-8H,2,5-6,9-15H2,1H3,(H,20,24). The van der Waals surface area contributed by atoms with Crippen LogP contribution in [0.5, 0.6) is 0 Å². The number of hydrogen-bond acceptors (Lipinski definition) is 4. The summed E-state index contributed by atoms with van der Waals surface area (Å²) in [5.74, 6) is -0.113. The van der Waals surface area contributed by atoms with E-state index in [0.29, 0.717) is 13.1 Å². The fourth-order valence-corrected chi connectivity index (χ4v) is 3.44. The molecule has 0 aliphatic carbocycles. The zero-order valence-corrected chi connectivity index (χ0v) is 15.4. The highest BCUT2D eigenvalue weighted by atomic mass is 16.5. The van der Waals surface area contributed by atoms with E-state index in [1.807, 2.05) is 31.2 Å².